The van der Waals surface area contributed by atoms with Crippen molar-refractivity contribution in [2.45, 2.75) is 11.8 Å². The number of ketones is 1. The normalized spacial score (nSPS) is 12.1. The summed E-state index contributed by atoms with van der Waals surface area (Å²) in [6.45, 7) is -0.0742. The van der Waals surface area contributed by atoms with E-state index in [0.717, 1.165) is 0 Å². The Kier molecular flexibility index (Phi) is 7.72. The Morgan fingerprint density at radius 1 is 0.821 bits per heavy atom. The van der Waals surface area contributed by atoms with E-state index in [-0.39, 0.29) is 18.9 Å². The lowest BCUT2D eigenvalue weighted by atomic mass is 9.83. The summed E-state index contributed by atoms with van der Waals surface area (Å²) in [6, 6.07) is 14.0. The van der Waals surface area contributed by atoms with Gasteiger partial charge in [-0.05, 0) is 46.5 Å². The summed E-state index contributed by atoms with van der Waals surface area (Å²) in [7, 11) is 3.11. The molecule has 9 nitrogen and oxygen atoms in total. The van der Waals surface area contributed by atoms with E-state index in [1.54, 1.807) is 62.8 Å². The van der Waals surface area contributed by atoms with E-state index >= 15 is 0 Å². The second-order valence-electron chi connectivity index (χ2n) is 5.88. The van der Waals surface area contributed by atoms with Gasteiger partial charge in [0.1, 0.15) is 17.3 Å². The molecule has 0 spiro atoms. The van der Waals surface area contributed by atoms with E-state index in [9.17, 15) is 4.79 Å². The molecule has 0 aromatic heterocycles. The number of carbonyl (C=O) groups excluding carboxylic acids is 1. The molecule has 2 unspecified atom stereocenters. The number of nitrogens with zero attached hydrogens (tertiary/aromatic N) is 6. The standard InChI is InChI=1S/C19H20N6O3/c1-27-15-7-3-13(4-8-15)17(11-22-24-20)19(26)18(12-23-25-21)14-5-9-16(28-2)10-6-14/h3-10,17-18H,11-12H2,1-2H3. The maximum atomic E-state index is 13.3. The third-order valence-electron chi connectivity index (χ3n) is 4.38. The van der Waals surface area contributed by atoms with Gasteiger partial charge in [-0.1, -0.05) is 34.5 Å². The first-order valence-electron chi connectivity index (χ1n) is 8.48. The minimum atomic E-state index is -0.678. The first-order chi connectivity index (χ1) is 13.6. The average molecular weight is 380 g/mol. The molecular formula is C19H20N6O3. The molecule has 2 aromatic carbocycles. The lowest BCUT2D eigenvalue weighted by molar-refractivity contribution is -0.121. The van der Waals surface area contributed by atoms with Gasteiger partial charge in [-0.25, -0.2) is 0 Å². The molecule has 0 heterocycles. The Balaban J connectivity index is 2.41. The molecule has 0 fully saturated rings. The van der Waals surface area contributed by atoms with Crippen LogP contribution in [0.25, 0.3) is 20.9 Å². The summed E-state index contributed by atoms with van der Waals surface area (Å²) in [5.41, 5.74) is 18.8. The number of carbonyl (C=O) groups is 1. The molecule has 2 atom stereocenters. The van der Waals surface area contributed by atoms with Crippen LogP contribution in [-0.2, 0) is 4.79 Å². The van der Waals surface area contributed by atoms with Crippen LogP contribution >= 0.6 is 0 Å². The summed E-state index contributed by atoms with van der Waals surface area (Å²) < 4.78 is 10.3. The highest BCUT2D eigenvalue weighted by molar-refractivity contribution is 5.92. The maximum absolute atomic E-state index is 13.3. The van der Waals surface area contributed by atoms with Gasteiger partial charge in [-0.2, -0.15) is 0 Å². The van der Waals surface area contributed by atoms with Crippen LogP contribution in [0.3, 0.4) is 0 Å². The van der Waals surface area contributed by atoms with Crippen molar-refractivity contribution in [2.24, 2.45) is 10.2 Å². The van der Waals surface area contributed by atoms with Gasteiger partial charge in [0.15, 0.2) is 0 Å². The number of ether oxygens (including phenoxy) is 2. The van der Waals surface area contributed by atoms with Crippen molar-refractivity contribution in [1.29, 1.82) is 0 Å². The molecule has 0 aliphatic carbocycles. The van der Waals surface area contributed by atoms with Gasteiger partial charge in [-0.3, -0.25) is 4.79 Å². The van der Waals surface area contributed by atoms with Crippen molar-refractivity contribution in [3.05, 3.63) is 80.5 Å². The van der Waals surface area contributed by atoms with Crippen LogP contribution in [0.1, 0.15) is 23.0 Å². The molecule has 0 aliphatic rings. The second-order valence-corrected chi connectivity index (χ2v) is 5.88. The summed E-state index contributed by atoms with van der Waals surface area (Å²) in [5, 5.41) is 7.20. The molecule has 0 saturated heterocycles. The fourth-order valence-corrected chi connectivity index (χ4v) is 2.87. The monoisotopic (exact) mass is 380 g/mol. The van der Waals surface area contributed by atoms with Crippen molar-refractivity contribution in [3.63, 3.8) is 0 Å². The number of azide groups is 2. The Morgan fingerprint density at radius 2 is 1.18 bits per heavy atom. The van der Waals surface area contributed by atoms with Gasteiger partial charge in [-0.15, -0.1) is 0 Å². The van der Waals surface area contributed by atoms with Crippen LogP contribution in [-0.4, -0.2) is 33.1 Å². The van der Waals surface area contributed by atoms with Crippen LogP contribution in [0.2, 0.25) is 0 Å². The number of Topliss-reactive ketones (excluding diaryl/α,β-unsaturated/α-hetero) is 1. The van der Waals surface area contributed by atoms with Crippen LogP contribution in [0, 0.1) is 0 Å². The highest BCUT2D eigenvalue weighted by atomic mass is 16.5. The molecule has 0 aliphatic heterocycles. The summed E-state index contributed by atoms with van der Waals surface area (Å²) in [4.78, 5) is 18.9. The van der Waals surface area contributed by atoms with Crippen molar-refractivity contribution < 1.29 is 14.3 Å². The minimum Gasteiger partial charge on any atom is -0.497 e. The molecule has 0 saturated carbocycles. The molecule has 0 N–H and O–H groups in total. The predicted octanol–water partition coefficient (Wildman–Crippen LogP) is 4.76. The fraction of sp³-hybridized carbons (Fsp3) is 0.316. The van der Waals surface area contributed by atoms with Crippen molar-refractivity contribution in [1.82, 2.24) is 0 Å². The number of hydrogen-bond donors (Lipinski definition) is 0. The number of rotatable bonds is 10. The Morgan fingerprint density at radius 3 is 1.46 bits per heavy atom. The number of hydrogen-bond acceptors (Lipinski definition) is 5. The van der Waals surface area contributed by atoms with E-state index in [1.165, 1.54) is 0 Å². The van der Waals surface area contributed by atoms with Crippen LogP contribution in [0.15, 0.2) is 58.8 Å². The lowest BCUT2D eigenvalue weighted by Crippen LogP contribution is -2.24. The van der Waals surface area contributed by atoms with Gasteiger partial charge in [0.05, 0.1) is 14.2 Å². The molecule has 0 bridgehead atoms. The molecule has 0 radical (unpaired) electrons. The molecule has 2 rings (SSSR count). The molecule has 0 amide bonds. The smallest absolute Gasteiger partial charge is 0.148 e. The topological polar surface area (TPSA) is 133 Å². The first kappa shape index (κ1) is 20.6. The maximum Gasteiger partial charge on any atom is 0.148 e. The van der Waals surface area contributed by atoms with Crippen molar-refractivity contribution >= 4 is 5.78 Å². The molecule has 9 heteroatoms. The zero-order chi connectivity index (χ0) is 20.4. The highest BCUT2D eigenvalue weighted by Crippen LogP contribution is 2.30. The summed E-state index contributed by atoms with van der Waals surface area (Å²) in [5.74, 6) is -0.250. The van der Waals surface area contributed by atoms with E-state index in [4.69, 9.17) is 20.5 Å². The first-order valence-corrected chi connectivity index (χ1v) is 8.48. The van der Waals surface area contributed by atoms with Crippen LogP contribution in [0.4, 0.5) is 0 Å². The molecule has 144 valence electrons. The SMILES string of the molecule is COc1ccc(C(CN=[N+]=[N-])C(=O)C(CN=[N+]=[N-])c2ccc(OC)cc2)cc1. The summed E-state index contributed by atoms with van der Waals surface area (Å²) in [6.07, 6.45) is 0. The Hall–Kier alpha value is -3.67. The van der Waals surface area contributed by atoms with E-state index in [1.807, 2.05) is 0 Å². The van der Waals surface area contributed by atoms with Crippen molar-refractivity contribution in [3.8, 4) is 11.5 Å². The van der Waals surface area contributed by atoms with E-state index in [0.29, 0.717) is 22.6 Å². The zero-order valence-corrected chi connectivity index (χ0v) is 15.6. The minimum absolute atomic E-state index is 0.0371. The largest absolute Gasteiger partial charge is 0.497 e. The third-order valence-corrected chi connectivity index (χ3v) is 4.38. The number of methoxy groups -OCH3 is 2. The Labute approximate surface area is 162 Å². The predicted molar refractivity (Wildman–Crippen MR) is 105 cm³/mol. The highest BCUT2D eigenvalue weighted by Gasteiger charge is 2.29. The van der Waals surface area contributed by atoms with Crippen LogP contribution < -0.4 is 9.47 Å². The van der Waals surface area contributed by atoms with E-state index in [2.05, 4.69) is 20.1 Å². The fourth-order valence-electron chi connectivity index (χ4n) is 2.87. The van der Waals surface area contributed by atoms with Gasteiger partial charge >= 0.3 is 0 Å². The second kappa shape index (κ2) is 10.5. The number of benzene rings is 2. The third kappa shape index (κ3) is 5.17. The van der Waals surface area contributed by atoms with Crippen molar-refractivity contribution in [2.75, 3.05) is 27.3 Å². The van der Waals surface area contributed by atoms with Gasteiger partial charge in [0, 0.05) is 34.7 Å². The Bertz CT molecular complexity index is 811. The summed E-state index contributed by atoms with van der Waals surface area (Å²) >= 11 is 0. The molecular weight excluding hydrogens is 360 g/mol. The van der Waals surface area contributed by atoms with Crippen LogP contribution in [0.5, 0.6) is 11.5 Å². The van der Waals surface area contributed by atoms with Gasteiger partial charge < -0.3 is 9.47 Å². The average Bonchev–Trinajstić information content (AvgIpc) is 2.75. The molecule has 2 aromatic rings. The van der Waals surface area contributed by atoms with Gasteiger partial charge in [0.2, 0.25) is 0 Å². The lowest BCUT2D eigenvalue weighted by Gasteiger charge is -2.21. The zero-order valence-electron chi connectivity index (χ0n) is 15.6. The van der Waals surface area contributed by atoms with E-state index < -0.39 is 11.8 Å². The van der Waals surface area contributed by atoms with Gasteiger partial charge in [0.25, 0.3) is 0 Å². The molecule has 28 heavy (non-hydrogen) atoms. The quantitative estimate of drug-likeness (QED) is 0.334.